The third-order valence-electron chi connectivity index (χ3n) is 2.30. The van der Waals surface area contributed by atoms with Gasteiger partial charge in [0.2, 0.25) is 5.91 Å². The van der Waals surface area contributed by atoms with E-state index in [9.17, 15) is 4.79 Å². The molecule has 0 heterocycles. The summed E-state index contributed by atoms with van der Waals surface area (Å²) in [7, 11) is 1.59. The number of anilines is 2. The van der Waals surface area contributed by atoms with E-state index in [-0.39, 0.29) is 11.9 Å². The van der Waals surface area contributed by atoms with E-state index in [4.69, 9.17) is 10.5 Å². The second kappa shape index (κ2) is 6.74. The van der Waals surface area contributed by atoms with Crippen LogP contribution in [-0.4, -0.2) is 25.6 Å². The molecular formula is C13H21N3O2. The molecule has 0 aliphatic carbocycles. The van der Waals surface area contributed by atoms with Crippen LogP contribution < -0.4 is 21.1 Å². The van der Waals surface area contributed by atoms with Crippen LogP contribution in [0.25, 0.3) is 0 Å². The number of rotatable bonds is 6. The third kappa shape index (κ3) is 4.95. The summed E-state index contributed by atoms with van der Waals surface area (Å²) >= 11 is 0. The zero-order valence-electron chi connectivity index (χ0n) is 11.1. The molecule has 0 atom stereocenters. The number of nitrogens with two attached hydrogens (primary N) is 1. The molecule has 100 valence electrons. The largest absolute Gasteiger partial charge is 0.497 e. The van der Waals surface area contributed by atoms with Crippen molar-refractivity contribution in [3.63, 3.8) is 0 Å². The average Bonchev–Trinajstić information content (AvgIpc) is 2.27. The van der Waals surface area contributed by atoms with Gasteiger partial charge in [-0.1, -0.05) is 0 Å². The number of benzene rings is 1. The maximum Gasteiger partial charge on any atom is 0.221 e. The highest BCUT2D eigenvalue weighted by Crippen LogP contribution is 2.21. The molecule has 0 aromatic heterocycles. The second-order valence-electron chi connectivity index (χ2n) is 4.39. The molecule has 5 heteroatoms. The van der Waals surface area contributed by atoms with E-state index < -0.39 is 0 Å². The Balaban J connectivity index is 2.44. The van der Waals surface area contributed by atoms with Gasteiger partial charge in [0.1, 0.15) is 5.75 Å². The minimum absolute atomic E-state index is 0.0355. The number of amides is 1. The molecule has 0 radical (unpaired) electrons. The van der Waals surface area contributed by atoms with Gasteiger partial charge < -0.3 is 21.1 Å². The van der Waals surface area contributed by atoms with Crippen molar-refractivity contribution in [1.82, 2.24) is 5.32 Å². The van der Waals surface area contributed by atoms with Gasteiger partial charge in [0.15, 0.2) is 0 Å². The molecular weight excluding hydrogens is 230 g/mol. The number of ether oxygens (including phenoxy) is 1. The highest BCUT2D eigenvalue weighted by atomic mass is 16.5. The normalized spacial score (nSPS) is 10.2. The summed E-state index contributed by atoms with van der Waals surface area (Å²) in [6.45, 7) is 4.44. The Bertz CT molecular complexity index is 405. The summed E-state index contributed by atoms with van der Waals surface area (Å²) < 4.78 is 5.12. The van der Waals surface area contributed by atoms with Crippen LogP contribution in [0.3, 0.4) is 0 Å². The standard InChI is InChI=1S/C13H21N3O2/c1-9(2)16-13(17)4-5-15-11-6-10(14)7-12(8-11)18-3/h6-9,15H,4-5,14H2,1-3H3,(H,16,17). The van der Waals surface area contributed by atoms with Crippen molar-refractivity contribution in [3.8, 4) is 5.75 Å². The molecule has 0 spiro atoms. The molecule has 0 saturated carbocycles. The van der Waals surface area contributed by atoms with Crippen LogP contribution >= 0.6 is 0 Å². The fourth-order valence-electron chi connectivity index (χ4n) is 1.56. The quantitative estimate of drug-likeness (QED) is 0.671. The zero-order valence-corrected chi connectivity index (χ0v) is 11.1. The number of carbonyl (C=O) groups excluding carboxylic acids is 1. The lowest BCUT2D eigenvalue weighted by atomic mass is 10.2. The van der Waals surface area contributed by atoms with Gasteiger partial charge in [0.05, 0.1) is 7.11 Å². The van der Waals surface area contributed by atoms with Gasteiger partial charge in [-0.25, -0.2) is 0 Å². The Kier molecular flexibility index (Phi) is 5.30. The number of nitrogens with one attached hydrogen (secondary N) is 2. The number of hydrogen-bond donors (Lipinski definition) is 3. The van der Waals surface area contributed by atoms with Crippen molar-refractivity contribution in [2.75, 3.05) is 24.7 Å². The molecule has 0 aliphatic heterocycles. The topological polar surface area (TPSA) is 76.4 Å². The van der Waals surface area contributed by atoms with E-state index in [0.717, 1.165) is 5.69 Å². The minimum atomic E-state index is 0.0355. The Morgan fingerprint density at radius 1 is 1.39 bits per heavy atom. The van der Waals surface area contributed by atoms with Crippen molar-refractivity contribution in [3.05, 3.63) is 18.2 Å². The maximum absolute atomic E-state index is 11.4. The number of hydrogen-bond acceptors (Lipinski definition) is 4. The van der Waals surface area contributed by atoms with Gasteiger partial charge in [-0.2, -0.15) is 0 Å². The molecule has 0 bridgehead atoms. The summed E-state index contributed by atoms with van der Waals surface area (Å²) in [5, 5.41) is 5.98. The zero-order chi connectivity index (χ0) is 13.5. The van der Waals surface area contributed by atoms with E-state index in [0.29, 0.717) is 24.4 Å². The van der Waals surface area contributed by atoms with Gasteiger partial charge in [-0.05, 0) is 19.9 Å². The average molecular weight is 251 g/mol. The van der Waals surface area contributed by atoms with Crippen LogP contribution in [-0.2, 0) is 4.79 Å². The molecule has 1 aromatic rings. The first-order valence-corrected chi connectivity index (χ1v) is 5.99. The van der Waals surface area contributed by atoms with Gasteiger partial charge in [-0.15, -0.1) is 0 Å². The number of carbonyl (C=O) groups is 1. The van der Waals surface area contributed by atoms with Crippen molar-refractivity contribution < 1.29 is 9.53 Å². The highest BCUT2D eigenvalue weighted by Gasteiger charge is 2.03. The van der Waals surface area contributed by atoms with Gasteiger partial charge in [0.25, 0.3) is 0 Å². The smallest absolute Gasteiger partial charge is 0.221 e. The summed E-state index contributed by atoms with van der Waals surface area (Å²) in [5.41, 5.74) is 7.21. The summed E-state index contributed by atoms with van der Waals surface area (Å²) in [6, 6.07) is 5.57. The minimum Gasteiger partial charge on any atom is -0.497 e. The Hall–Kier alpha value is -1.91. The molecule has 4 N–H and O–H groups in total. The van der Waals surface area contributed by atoms with Crippen molar-refractivity contribution in [1.29, 1.82) is 0 Å². The van der Waals surface area contributed by atoms with E-state index in [1.165, 1.54) is 0 Å². The molecule has 0 saturated heterocycles. The van der Waals surface area contributed by atoms with Crippen LogP contribution in [0.15, 0.2) is 18.2 Å². The van der Waals surface area contributed by atoms with E-state index in [1.807, 2.05) is 26.0 Å². The summed E-state index contributed by atoms with van der Waals surface area (Å²) in [6.07, 6.45) is 0.426. The third-order valence-corrected chi connectivity index (χ3v) is 2.30. The molecule has 1 aromatic carbocycles. The predicted molar refractivity (Wildman–Crippen MR) is 73.8 cm³/mol. The van der Waals surface area contributed by atoms with Crippen LogP contribution in [0, 0.1) is 0 Å². The Morgan fingerprint density at radius 2 is 2.11 bits per heavy atom. The predicted octanol–water partition coefficient (Wildman–Crippen LogP) is 1.60. The van der Waals surface area contributed by atoms with Crippen LogP contribution in [0.4, 0.5) is 11.4 Å². The maximum atomic E-state index is 11.4. The lowest BCUT2D eigenvalue weighted by Crippen LogP contribution is -2.31. The SMILES string of the molecule is COc1cc(N)cc(NCCC(=O)NC(C)C)c1. The summed E-state index contributed by atoms with van der Waals surface area (Å²) in [5.74, 6) is 0.734. The number of methoxy groups -OCH3 is 1. The van der Waals surface area contributed by atoms with E-state index in [2.05, 4.69) is 10.6 Å². The molecule has 0 fully saturated rings. The van der Waals surface area contributed by atoms with Crippen molar-refractivity contribution in [2.24, 2.45) is 0 Å². The fourth-order valence-corrected chi connectivity index (χ4v) is 1.56. The van der Waals surface area contributed by atoms with Crippen LogP contribution in [0.1, 0.15) is 20.3 Å². The monoisotopic (exact) mass is 251 g/mol. The van der Waals surface area contributed by atoms with E-state index in [1.54, 1.807) is 13.2 Å². The lowest BCUT2D eigenvalue weighted by molar-refractivity contribution is -0.121. The van der Waals surface area contributed by atoms with Crippen molar-refractivity contribution >= 4 is 17.3 Å². The fraction of sp³-hybridized carbons (Fsp3) is 0.462. The summed E-state index contributed by atoms with van der Waals surface area (Å²) in [4.78, 5) is 11.4. The first-order chi connectivity index (χ1) is 8.51. The molecule has 1 amide bonds. The Morgan fingerprint density at radius 3 is 2.72 bits per heavy atom. The molecule has 5 nitrogen and oxygen atoms in total. The van der Waals surface area contributed by atoms with Gasteiger partial charge >= 0.3 is 0 Å². The van der Waals surface area contributed by atoms with Gasteiger partial charge in [-0.3, -0.25) is 4.79 Å². The van der Waals surface area contributed by atoms with Crippen molar-refractivity contribution in [2.45, 2.75) is 26.3 Å². The first-order valence-electron chi connectivity index (χ1n) is 5.99. The van der Waals surface area contributed by atoms with Crippen LogP contribution in [0.2, 0.25) is 0 Å². The molecule has 0 unspecified atom stereocenters. The van der Waals surface area contributed by atoms with E-state index >= 15 is 0 Å². The molecule has 0 aliphatic rings. The van der Waals surface area contributed by atoms with Crippen LogP contribution in [0.5, 0.6) is 5.75 Å². The second-order valence-corrected chi connectivity index (χ2v) is 4.39. The molecule has 1 rings (SSSR count). The highest BCUT2D eigenvalue weighted by molar-refractivity contribution is 5.76. The first kappa shape index (κ1) is 14.2. The molecule has 18 heavy (non-hydrogen) atoms. The number of nitrogen functional groups attached to an aromatic ring is 1. The van der Waals surface area contributed by atoms with Gasteiger partial charge in [0, 0.05) is 42.5 Å². The Labute approximate surface area is 108 Å². The lowest BCUT2D eigenvalue weighted by Gasteiger charge is -2.11.